The molecule has 0 N–H and O–H groups in total. The number of hydrogen-bond donors (Lipinski definition) is 0. The van der Waals surface area contributed by atoms with Gasteiger partial charge >= 0.3 is 0 Å². The number of hydrogen-bond acceptors (Lipinski definition) is 5. The zero-order chi connectivity index (χ0) is 14.4. The smallest absolute Gasteiger partial charge is 0.204 e. The lowest BCUT2D eigenvalue weighted by Gasteiger charge is -2.16. The van der Waals surface area contributed by atoms with Gasteiger partial charge in [-0.3, -0.25) is 0 Å². The number of halogens is 1. The van der Waals surface area contributed by atoms with Crippen molar-refractivity contribution in [2.75, 3.05) is 26.7 Å². The Bertz CT molecular complexity index is 524. The van der Waals surface area contributed by atoms with Crippen molar-refractivity contribution < 1.29 is 4.74 Å². The fourth-order valence-corrected chi connectivity index (χ4v) is 1.96. The molecule has 0 aliphatic rings. The van der Waals surface area contributed by atoms with Crippen LogP contribution in [0.1, 0.15) is 13.8 Å². The highest BCUT2D eigenvalue weighted by atomic mass is 35.5. The molecule has 1 aromatic carbocycles. The first-order valence-electron chi connectivity index (χ1n) is 6.91. The van der Waals surface area contributed by atoms with Crippen molar-refractivity contribution in [3.05, 3.63) is 24.3 Å². The molecule has 7 heteroatoms. The van der Waals surface area contributed by atoms with Gasteiger partial charge in [0.2, 0.25) is 5.82 Å². The topological polar surface area (TPSA) is 56.1 Å². The lowest BCUT2D eigenvalue weighted by atomic mass is 10.2. The van der Waals surface area contributed by atoms with E-state index in [-0.39, 0.29) is 12.4 Å². The predicted octanol–water partition coefficient (Wildman–Crippen LogP) is 2.11. The molecule has 0 saturated carbocycles. The zero-order valence-corrected chi connectivity index (χ0v) is 13.5. The van der Waals surface area contributed by atoms with E-state index in [9.17, 15) is 0 Å². The Kier molecular flexibility index (Phi) is 7.11. The molecule has 2 rings (SSSR count). The van der Waals surface area contributed by atoms with Crippen molar-refractivity contribution >= 4 is 12.4 Å². The van der Waals surface area contributed by atoms with Crippen LogP contribution in [-0.4, -0.2) is 51.9 Å². The molecule has 1 heterocycles. The minimum Gasteiger partial charge on any atom is -0.497 e. The van der Waals surface area contributed by atoms with Gasteiger partial charge in [-0.05, 0) is 42.6 Å². The Balaban J connectivity index is 0.00000220. The van der Waals surface area contributed by atoms with E-state index in [2.05, 4.69) is 34.2 Å². The second kappa shape index (κ2) is 8.59. The van der Waals surface area contributed by atoms with Gasteiger partial charge in [-0.25, -0.2) is 0 Å². The molecule has 0 unspecified atom stereocenters. The number of benzene rings is 1. The Morgan fingerprint density at radius 2 is 1.81 bits per heavy atom. The first-order chi connectivity index (χ1) is 9.76. The fraction of sp³-hybridized carbons (Fsp3) is 0.500. The van der Waals surface area contributed by atoms with Gasteiger partial charge in [-0.1, -0.05) is 13.8 Å². The van der Waals surface area contributed by atoms with E-state index in [1.165, 1.54) is 0 Å². The molecular formula is C14H22ClN5O. The first kappa shape index (κ1) is 17.4. The summed E-state index contributed by atoms with van der Waals surface area (Å²) >= 11 is 0. The van der Waals surface area contributed by atoms with Gasteiger partial charge in [0.15, 0.2) is 0 Å². The van der Waals surface area contributed by atoms with Crippen molar-refractivity contribution in [1.82, 2.24) is 25.1 Å². The molecule has 0 spiro atoms. The van der Waals surface area contributed by atoms with Crippen LogP contribution in [0.2, 0.25) is 0 Å². The minimum absolute atomic E-state index is 0. The second-order valence-electron chi connectivity index (χ2n) is 4.46. The molecule has 21 heavy (non-hydrogen) atoms. The average molecular weight is 312 g/mol. The Morgan fingerprint density at radius 3 is 2.38 bits per heavy atom. The van der Waals surface area contributed by atoms with E-state index in [4.69, 9.17) is 4.74 Å². The standard InChI is InChI=1S/C14H21N5O.ClH/c1-4-18(5-2)10-11-19-16-14(15-17-19)12-6-8-13(20-3)9-7-12;/h6-9H,4-5,10-11H2,1-3H3;1H. The minimum atomic E-state index is 0. The van der Waals surface area contributed by atoms with E-state index in [0.717, 1.165) is 37.5 Å². The van der Waals surface area contributed by atoms with Crippen LogP contribution in [0.25, 0.3) is 11.4 Å². The van der Waals surface area contributed by atoms with E-state index < -0.39 is 0 Å². The number of methoxy groups -OCH3 is 1. The Hall–Kier alpha value is -1.66. The van der Waals surface area contributed by atoms with Crippen molar-refractivity contribution in [2.45, 2.75) is 20.4 Å². The second-order valence-corrected chi connectivity index (χ2v) is 4.46. The van der Waals surface area contributed by atoms with Gasteiger partial charge < -0.3 is 9.64 Å². The van der Waals surface area contributed by atoms with E-state index >= 15 is 0 Å². The zero-order valence-electron chi connectivity index (χ0n) is 12.7. The molecule has 0 bridgehead atoms. The molecule has 0 radical (unpaired) electrons. The van der Waals surface area contributed by atoms with Crippen LogP contribution in [0.3, 0.4) is 0 Å². The first-order valence-corrected chi connectivity index (χ1v) is 6.91. The van der Waals surface area contributed by atoms with Gasteiger partial charge in [0.25, 0.3) is 0 Å². The van der Waals surface area contributed by atoms with E-state index in [1.807, 2.05) is 24.3 Å². The molecule has 0 saturated heterocycles. The summed E-state index contributed by atoms with van der Waals surface area (Å²) in [7, 11) is 1.65. The van der Waals surface area contributed by atoms with Gasteiger partial charge in [0.05, 0.1) is 13.7 Å². The number of likely N-dealkylation sites (N-methyl/N-ethyl adjacent to an activating group) is 1. The number of nitrogens with zero attached hydrogens (tertiary/aromatic N) is 5. The predicted molar refractivity (Wildman–Crippen MR) is 84.8 cm³/mol. The van der Waals surface area contributed by atoms with Crippen LogP contribution in [0.4, 0.5) is 0 Å². The van der Waals surface area contributed by atoms with E-state index in [0.29, 0.717) is 5.82 Å². The van der Waals surface area contributed by atoms with Crippen LogP contribution in [0, 0.1) is 0 Å². The summed E-state index contributed by atoms with van der Waals surface area (Å²) in [6, 6.07) is 7.66. The van der Waals surface area contributed by atoms with Crippen LogP contribution in [0.5, 0.6) is 5.75 Å². The molecule has 116 valence electrons. The summed E-state index contributed by atoms with van der Waals surface area (Å²) in [6.07, 6.45) is 0. The number of rotatable bonds is 7. The summed E-state index contributed by atoms with van der Waals surface area (Å²) < 4.78 is 5.13. The molecule has 0 aliphatic carbocycles. The normalized spacial score (nSPS) is 10.5. The lowest BCUT2D eigenvalue weighted by molar-refractivity contribution is 0.277. The molecule has 0 aliphatic heterocycles. The summed E-state index contributed by atoms with van der Waals surface area (Å²) in [5.41, 5.74) is 0.944. The largest absolute Gasteiger partial charge is 0.497 e. The maximum absolute atomic E-state index is 5.13. The summed E-state index contributed by atoms with van der Waals surface area (Å²) in [5.74, 6) is 1.47. The maximum atomic E-state index is 5.13. The van der Waals surface area contributed by atoms with Crippen LogP contribution in [0.15, 0.2) is 24.3 Å². The lowest BCUT2D eigenvalue weighted by Crippen LogP contribution is -2.27. The van der Waals surface area contributed by atoms with Crippen molar-refractivity contribution in [2.24, 2.45) is 0 Å². The van der Waals surface area contributed by atoms with Gasteiger partial charge in [-0.2, -0.15) is 4.80 Å². The molecule has 2 aromatic rings. The van der Waals surface area contributed by atoms with Crippen LogP contribution >= 0.6 is 12.4 Å². The molecule has 0 amide bonds. The maximum Gasteiger partial charge on any atom is 0.204 e. The SMILES string of the molecule is CCN(CC)CCn1nnc(-c2ccc(OC)cc2)n1.Cl. The summed E-state index contributed by atoms with van der Waals surface area (Å²) in [5, 5.41) is 12.6. The Morgan fingerprint density at radius 1 is 1.14 bits per heavy atom. The van der Waals surface area contributed by atoms with Gasteiger partial charge in [0, 0.05) is 12.1 Å². The number of ether oxygens (including phenoxy) is 1. The van der Waals surface area contributed by atoms with Crippen molar-refractivity contribution in [1.29, 1.82) is 0 Å². The third-order valence-corrected chi connectivity index (χ3v) is 3.31. The van der Waals surface area contributed by atoms with E-state index in [1.54, 1.807) is 11.9 Å². The molecule has 0 fully saturated rings. The Labute approximate surface area is 131 Å². The van der Waals surface area contributed by atoms with Crippen molar-refractivity contribution in [3.8, 4) is 17.1 Å². The van der Waals surface area contributed by atoms with Crippen LogP contribution < -0.4 is 4.74 Å². The molecular weight excluding hydrogens is 290 g/mol. The third kappa shape index (κ3) is 4.68. The monoisotopic (exact) mass is 311 g/mol. The molecule has 6 nitrogen and oxygen atoms in total. The van der Waals surface area contributed by atoms with Gasteiger partial charge in [-0.15, -0.1) is 22.6 Å². The number of aromatic nitrogens is 4. The average Bonchev–Trinajstić information content (AvgIpc) is 2.97. The van der Waals surface area contributed by atoms with Gasteiger partial charge in [0.1, 0.15) is 5.75 Å². The third-order valence-electron chi connectivity index (χ3n) is 3.31. The highest BCUT2D eigenvalue weighted by Crippen LogP contribution is 2.18. The fourth-order valence-electron chi connectivity index (χ4n) is 1.96. The highest BCUT2D eigenvalue weighted by molar-refractivity contribution is 5.85. The van der Waals surface area contributed by atoms with Crippen molar-refractivity contribution in [3.63, 3.8) is 0 Å². The number of tetrazole rings is 1. The molecule has 1 aromatic heterocycles. The quantitative estimate of drug-likeness (QED) is 0.784. The van der Waals surface area contributed by atoms with Crippen LogP contribution in [-0.2, 0) is 6.54 Å². The summed E-state index contributed by atoms with van der Waals surface area (Å²) in [4.78, 5) is 3.98. The molecule has 0 atom stereocenters. The highest BCUT2D eigenvalue weighted by Gasteiger charge is 2.07. The summed E-state index contributed by atoms with van der Waals surface area (Å²) in [6.45, 7) is 8.07.